The highest BCUT2D eigenvalue weighted by Gasteiger charge is 2.12. The average Bonchev–Trinajstić information content (AvgIpc) is 2.44. The molecule has 1 aromatic heterocycles. The molecule has 0 saturated carbocycles. The number of carboxylic acids is 1. The minimum absolute atomic E-state index is 0.0539. The Balaban J connectivity index is 2.78. The van der Waals surface area contributed by atoms with Crippen molar-refractivity contribution in [3.05, 3.63) is 44.6 Å². The van der Waals surface area contributed by atoms with Gasteiger partial charge in [0.25, 0.3) is 5.56 Å². The van der Waals surface area contributed by atoms with Gasteiger partial charge in [0.05, 0.1) is 16.5 Å². The van der Waals surface area contributed by atoms with E-state index in [-0.39, 0.29) is 11.1 Å². The lowest BCUT2D eigenvalue weighted by atomic mass is 10.1. The van der Waals surface area contributed by atoms with Crippen molar-refractivity contribution in [2.75, 3.05) is 0 Å². The third kappa shape index (κ3) is 2.24. The number of carboxylic acid groups (broad SMARTS) is 1. The Bertz CT molecular complexity index is 786. The number of unbranched alkanes of at least 4 members (excludes halogenated alkanes) is 1. The second-order valence-corrected chi connectivity index (χ2v) is 4.69. The van der Waals surface area contributed by atoms with E-state index in [2.05, 4.69) is 0 Å². The molecule has 0 amide bonds. The minimum Gasteiger partial charge on any atom is -0.478 e. The topological polar surface area (TPSA) is 81.3 Å². The molecule has 1 heterocycles. The van der Waals surface area contributed by atoms with Crippen molar-refractivity contribution in [2.45, 2.75) is 26.3 Å². The Morgan fingerprint density at radius 1 is 1.30 bits per heavy atom. The molecule has 0 saturated heterocycles. The van der Waals surface area contributed by atoms with E-state index in [1.807, 2.05) is 6.92 Å². The molecule has 2 rings (SSSR count). The number of benzene rings is 1. The first-order chi connectivity index (χ1) is 9.47. The molecule has 0 radical (unpaired) electrons. The lowest BCUT2D eigenvalue weighted by molar-refractivity contribution is 0.0697. The van der Waals surface area contributed by atoms with Crippen LogP contribution < -0.4 is 11.2 Å². The van der Waals surface area contributed by atoms with Gasteiger partial charge in [-0.25, -0.2) is 9.59 Å². The van der Waals surface area contributed by atoms with Gasteiger partial charge in [-0.05, 0) is 24.6 Å². The third-order valence-electron chi connectivity index (χ3n) is 3.33. The molecule has 0 spiro atoms. The predicted octanol–water partition coefficient (Wildman–Crippen LogP) is 1.20. The summed E-state index contributed by atoms with van der Waals surface area (Å²) >= 11 is 0. The summed E-state index contributed by atoms with van der Waals surface area (Å²) < 4.78 is 2.52. The van der Waals surface area contributed by atoms with E-state index >= 15 is 0 Å². The standard InChI is InChI=1S/C14H16N2O4/c1-3-4-7-16-12(17)10-6-5-9(13(18)19)8-11(10)15(2)14(16)20/h5-6,8H,3-4,7H2,1-2H3,(H,18,19). The van der Waals surface area contributed by atoms with Crippen LogP contribution in [-0.2, 0) is 13.6 Å². The Kier molecular flexibility index (Phi) is 3.74. The number of aryl methyl sites for hydroxylation is 1. The van der Waals surface area contributed by atoms with Crippen molar-refractivity contribution >= 4 is 16.9 Å². The highest BCUT2D eigenvalue weighted by atomic mass is 16.4. The molecule has 0 bridgehead atoms. The van der Waals surface area contributed by atoms with E-state index in [1.165, 1.54) is 34.4 Å². The highest BCUT2D eigenvalue weighted by molar-refractivity contribution is 5.92. The van der Waals surface area contributed by atoms with Gasteiger partial charge in [-0.15, -0.1) is 0 Å². The van der Waals surface area contributed by atoms with E-state index in [0.717, 1.165) is 12.8 Å². The molecule has 6 heteroatoms. The summed E-state index contributed by atoms with van der Waals surface area (Å²) in [5.74, 6) is -1.09. The van der Waals surface area contributed by atoms with Crippen molar-refractivity contribution in [2.24, 2.45) is 7.05 Å². The Labute approximate surface area is 114 Å². The molecule has 106 valence electrons. The molecule has 0 unspecified atom stereocenters. The van der Waals surface area contributed by atoms with Gasteiger partial charge in [-0.1, -0.05) is 13.3 Å². The van der Waals surface area contributed by atoms with Crippen LogP contribution in [0, 0.1) is 0 Å². The summed E-state index contributed by atoms with van der Waals surface area (Å²) in [5, 5.41) is 9.33. The van der Waals surface area contributed by atoms with Crippen LogP contribution in [0.4, 0.5) is 0 Å². The largest absolute Gasteiger partial charge is 0.478 e. The van der Waals surface area contributed by atoms with Gasteiger partial charge in [0, 0.05) is 13.6 Å². The van der Waals surface area contributed by atoms with Crippen LogP contribution in [0.5, 0.6) is 0 Å². The minimum atomic E-state index is -1.09. The maximum absolute atomic E-state index is 12.3. The van der Waals surface area contributed by atoms with E-state index in [0.29, 0.717) is 17.4 Å². The Hall–Kier alpha value is -2.37. The lowest BCUT2D eigenvalue weighted by Gasteiger charge is -2.10. The first-order valence-electron chi connectivity index (χ1n) is 6.44. The molecule has 0 aliphatic carbocycles. The van der Waals surface area contributed by atoms with E-state index < -0.39 is 11.7 Å². The van der Waals surface area contributed by atoms with E-state index in [9.17, 15) is 14.4 Å². The first kappa shape index (κ1) is 14.0. The number of nitrogens with zero attached hydrogens (tertiary/aromatic N) is 2. The van der Waals surface area contributed by atoms with Crippen LogP contribution in [0.2, 0.25) is 0 Å². The molecule has 20 heavy (non-hydrogen) atoms. The summed E-state index contributed by atoms with van der Waals surface area (Å²) in [6.45, 7) is 2.36. The van der Waals surface area contributed by atoms with Crippen molar-refractivity contribution < 1.29 is 9.90 Å². The number of aromatic nitrogens is 2. The fraction of sp³-hybridized carbons (Fsp3) is 0.357. The molecule has 6 nitrogen and oxygen atoms in total. The summed E-state index contributed by atoms with van der Waals surface area (Å²) in [6.07, 6.45) is 1.62. The summed E-state index contributed by atoms with van der Waals surface area (Å²) in [6, 6.07) is 4.19. The molecular formula is C14H16N2O4. The normalized spacial score (nSPS) is 10.9. The van der Waals surface area contributed by atoms with Crippen molar-refractivity contribution in [1.29, 1.82) is 0 Å². The highest BCUT2D eigenvalue weighted by Crippen LogP contribution is 2.11. The number of aromatic carboxylic acids is 1. The van der Waals surface area contributed by atoms with Crippen LogP contribution in [0.3, 0.4) is 0 Å². The zero-order valence-corrected chi connectivity index (χ0v) is 11.4. The van der Waals surface area contributed by atoms with Crippen LogP contribution >= 0.6 is 0 Å². The molecule has 0 fully saturated rings. The molecule has 0 aliphatic heterocycles. The first-order valence-corrected chi connectivity index (χ1v) is 6.44. The molecule has 2 aromatic rings. The zero-order chi connectivity index (χ0) is 14.9. The molecule has 1 N–H and O–H groups in total. The fourth-order valence-electron chi connectivity index (χ4n) is 2.15. The van der Waals surface area contributed by atoms with Crippen molar-refractivity contribution in [3.63, 3.8) is 0 Å². The summed E-state index contributed by atoms with van der Waals surface area (Å²) in [4.78, 5) is 35.4. The van der Waals surface area contributed by atoms with Crippen LogP contribution in [0.1, 0.15) is 30.1 Å². The lowest BCUT2D eigenvalue weighted by Crippen LogP contribution is -2.39. The van der Waals surface area contributed by atoms with Crippen LogP contribution in [0.15, 0.2) is 27.8 Å². The second kappa shape index (κ2) is 5.32. The predicted molar refractivity (Wildman–Crippen MR) is 75.3 cm³/mol. The van der Waals surface area contributed by atoms with Crippen LogP contribution in [0.25, 0.3) is 10.9 Å². The van der Waals surface area contributed by atoms with Gasteiger partial charge in [0.15, 0.2) is 0 Å². The van der Waals surface area contributed by atoms with Gasteiger partial charge < -0.3 is 5.11 Å². The molecule has 0 aliphatic rings. The Morgan fingerprint density at radius 2 is 2.00 bits per heavy atom. The third-order valence-corrected chi connectivity index (χ3v) is 3.33. The monoisotopic (exact) mass is 276 g/mol. The van der Waals surface area contributed by atoms with Gasteiger partial charge >= 0.3 is 11.7 Å². The molecule has 1 aromatic carbocycles. The van der Waals surface area contributed by atoms with E-state index in [1.54, 1.807) is 0 Å². The fourth-order valence-corrected chi connectivity index (χ4v) is 2.15. The quantitative estimate of drug-likeness (QED) is 0.909. The van der Waals surface area contributed by atoms with Gasteiger partial charge in [-0.2, -0.15) is 0 Å². The zero-order valence-electron chi connectivity index (χ0n) is 11.4. The number of hydrogen-bond donors (Lipinski definition) is 1. The second-order valence-electron chi connectivity index (χ2n) is 4.69. The Morgan fingerprint density at radius 3 is 2.60 bits per heavy atom. The van der Waals surface area contributed by atoms with Gasteiger partial charge in [-0.3, -0.25) is 13.9 Å². The van der Waals surface area contributed by atoms with Gasteiger partial charge in [0.2, 0.25) is 0 Å². The number of fused-ring (bicyclic) bond motifs is 1. The maximum atomic E-state index is 12.3. The summed E-state index contributed by atoms with van der Waals surface area (Å²) in [5.41, 5.74) is -0.391. The van der Waals surface area contributed by atoms with Crippen molar-refractivity contribution in [3.8, 4) is 0 Å². The number of carbonyl (C=O) groups is 1. The SMILES string of the molecule is CCCCn1c(=O)c2ccc(C(=O)O)cc2n(C)c1=O. The number of rotatable bonds is 4. The van der Waals surface area contributed by atoms with Gasteiger partial charge in [0.1, 0.15) is 0 Å². The summed E-state index contributed by atoms with van der Waals surface area (Å²) in [7, 11) is 1.54. The maximum Gasteiger partial charge on any atom is 0.335 e. The molecular weight excluding hydrogens is 260 g/mol. The molecule has 0 atom stereocenters. The van der Waals surface area contributed by atoms with E-state index in [4.69, 9.17) is 5.11 Å². The number of hydrogen-bond acceptors (Lipinski definition) is 3. The van der Waals surface area contributed by atoms with Crippen LogP contribution in [-0.4, -0.2) is 20.2 Å². The smallest absolute Gasteiger partial charge is 0.335 e. The van der Waals surface area contributed by atoms with Crippen molar-refractivity contribution in [1.82, 2.24) is 9.13 Å². The average molecular weight is 276 g/mol.